The first-order chi connectivity index (χ1) is 16.5. The number of hydrogen-bond acceptors (Lipinski definition) is 6. The first-order valence-corrected chi connectivity index (χ1v) is 11.9. The van der Waals surface area contributed by atoms with Gasteiger partial charge >= 0.3 is 0 Å². The molecule has 0 radical (unpaired) electrons. The first kappa shape index (κ1) is 23.8. The molecule has 2 aromatic rings. The number of amides is 1. The molecule has 2 aliphatic rings. The third-order valence-corrected chi connectivity index (χ3v) is 6.05. The van der Waals surface area contributed by atoms with Crippen LogP contribution in [0.25, 0.3) is 5.76 Å². The van der Waals surface area contributed by atoms with Gasteiger partial charge in [-0.05, 0) is 68.1 Å². The summed E-state index contributed by atoms with van der Waals surface area (Å²) < 4.78 is 17.0. The van der Waals surface area contributed by atoms with Crippen molar-refractivity contribution in [1.29, 1.82) is 0 Å². The van der Waals surface area contributed by atoms with Crippen molar-refractivity contribution in [3.63, 3.8) is 0 Å². The molecule has 2 aromatic carbocycles. The van der Waals surface area contributed by atoms with Crippen LogP contribution in [0.5, 0.6) is 11.5 Å². The average Bonchev–Trinajstić information content (AvgIpc) is 3.45. The van der Waals surface area contributed by atoms with Crippen LogP contribution >= 0.6 is 0 Å². The number of aliphatic hydroxyl groups excluding tert-OH is 1. The quantitative estimate of drug-likeness (QED) is 0.334. The van der Waals surface area contributed by atoms with Gasteiger partial charge in [0.15, 0.2) is 0 Å². The second-order valence-electron chi connectivity index (χ2n) is 8.46. The highest BCUT2D eigenvalue weighted by Gasteiger charge is 2.47. The number of aliphatic hydroxyl groups is 1. The maximum absolute atomic E-state index is 13.2. The molecule has 1 N–H and O–H groups in total. The summed E-state index contributed by atoms with van der Waals surface area (Å²) in [5.41, 5.74) is 1.22. The predicted molar refractivity (Wildman–Crippen MR) is 128 cm³/mol. The van der Waals surface area contributed by atoms with Gasteiger partial charge in [0.25, 0.3) is 11.7 Å². The number of carbonyl (C=O) groups is 2. The number of carbonyl (C=O) groups excluding carboxylic acids is 2. The Morgan fingerprint density at radius 3 is 2.56 bits per heavy atom. The number of hydrogen-bond donors (Lipinski definition) is 1. The van der Waals surface area contributed by atoms with Crippen LogP contribution < -0.4 is 9.47 Å². The van der Waals surface area contributed by atoms with Gasteiger partial charge in [0.1, 0.15) is 17.3 Å². The molecule has 0 aliphatic carbocycles. The molecule has 2 heterocycles. The zero-order valence-corrected chi connectivity index (χ0v) is 19.7. The zero-order valence-electron chi connectivity index (χ0n) is 19.7. The number of rotatable bonds is 9. The number of ketones is 1. The van der Waals surface area contributed by atoms with Gasteiger partial charge in [0, 0.05) is 18.7 Å². The topological polar surface area (TPSA) is 85.3 Å². The number of benzene rings is 2. The summed E-state index contributed by atoms with van der Waals surface area (Å²) in [6.45, 7) is 5.93. The monoisotopic (exact) mass is 465 g/mol. The number of ether oxygens (including phenoxy) is 3. The molecule has 2 aliphatic heterocycles. The summed E-state index contributed by atoms with van der Waals surface area (Å²) in [4.78, 5) is 27.9. The lowest BCUT2D eigenvalue weighted by Gasteiger charge is -2.27. The Hall–Kier alpha value is -3.32. The summed E-state index contributed by atoms with van der Waals surface area (Å²) in [6, 6.07) is 13.5. The Kier molecular flexibility index (Phi) is 7.53. The van der Waals surface area contributed by atoms with E-state index in [0.29, 0.717) is 42.4 Å². The molecule has 2 saturated heterocycles. The summed E-state index contributed by atoms with van der Waals surface area (Å²) >= 11 is 0. The minimum atomic E-state index is -0.736. The molecule has 2 fully saturated rings. The highest BCUT2D eigenvalue weighted by Crippen LogP contribution is 2.41. The van der Waals surface area contributed by atoms with E-state index in [0.717, 1.165) is 19.3 Å². The van der Waals surface area contributed by atoms with E-state index < -0.39 is 17.7 Å². The Bertz CT molecular complexity index is 1060. The number of likely N-dealkylation sites (tertiary alicyclic amines) is 1. The van der Waals surface area contributed by atoms with Crippen molar-refractivity contribution in [1.82, 2.24) is 4.90 Å². The Morgan fingerprint density at radius 2 is 1.88 bits per heavy atom. The van der Waals surface area contributed by atoms with Gasteiger partial charge < -0.3 is 24.2 Å². The number of nitrogens with zero attached hydrogens (tertiary/aromatic N) is 1. The van der Waals surface area contributed by atoms with Gasteiger partial charge in [0.2, 0.25) is 0 Å². The molecule has 4 rings (SSSR count). The van der Waals surface area contributed by atoms with Gasteiger partial charge in [0.05, 0.1) is 30.9 Å². The fourth-order valence-electron chi connectivity index (χ4n) is 4.45. The molecule has 7 nitrogen and oxygen atoms in total. The van der Waals surface area contributed by atoms with Crippen LogP contribution in [0.2, 0.25) is 0 Å². The number of Topliss-reactive ketones (excluding diaryl/α,β-unsaturated/α-hetero) is 1. The van der Waals surface area contributed by atoms with E-state index in [-0.39, 0.29) is 24.0 Å². The average molecular weight is 466 g/mol. The zero-order chi connectivity index (χ0) is 24.1. The van der Waals surface area contributed by atoms with E-state index in [1.807, 2.05) is 38.1 Å². The van der Waals surface area contributed by atoms with Crippen LogP contribution in [-0.2, 0) is 14.3 Å². The molecule has 0 aromatic heterocycles. The molecular formula is C27H31NO6. The van der Waals surface area contributed by atoms with Crippen molar-refractivity contribution >= 4 is 17.4 Å². The molecule has 1 amide bonds. The van der Waals surface area contributed by atoms with E-state index in [1.165, 1.54) is 4.90 Å². The molecule has 0 bridgehead atoms. The SMILES string of the molecule is CCCOc1ccc(/C(O)=C2/C(=O)C(=O)N(CC3CCCO3)C2c2cccc(OCC)c2)cc1. The van der Waals surface area contributed by atoms with E-state index in [2.05, 4.69) is 0 Å². The van der Waals surface area contributed by atoms with Crippen LogP contribution in [0.15, 0.2) is 54.1 Å². The third-order valence-electron chi connectivity index (χ3n) is 6.05. The fourth-order valence-corrected chi connectivity index (χ4v) is 4.45. The molecule has 180 valence electrons. The van der Waals surface area contributed by atoms with Crippen molar-refractivity contribution in [2.45, 2.75) is 45.3 Å². The minimum Gasteiger partial charge on any atom is -0.507 e. The molecular weight excluding hydrogens is 434 g/mol. The van der Waals surface area contributed by atoms with Crippen LogP contribution in [0, 0.1) is 0 Å². The van der Waals surface area contributed by atoms with Crippen molar-refractivity contribution in [2.24, 2.45) is 0 Å². The summed E-state index contributed by atoms with van der Waals surface area (Å²) in [5, 5.41) is 11.2. The largest absolute Gasteiger partial charge is 0.507 e. The lowest BCUT2D eigenvalue weighted by molar-refractivity contribution is -0.140. The molecule has 2 unspecified atom stereocenters. The van der Waals surface area contributed by atoms with Gasteiger partial charge in [-0.3, -0.25) is 9.59 Å². The third kappa shape index (κ3) is 4.94. The van der Waals surface area contributed by atoms with E-state index in [1.54, 1.807) is 24.3 Å². The summed E-state index contributed by atoms with van der Waals surface area (Å²) in [6.07, 6.45) is 2.50. The van der Waals surface area contributed by atoms with Crippen LogP contribution in [0.3, 0.4) is 0 Å². The fraction of sp³-hybridized carbons (Fsp3) is 0.407. The van der Waals surface area contributed by atoms with Gasteiger partial charge in [-0.15, -0.1) is 0 Å². The molecule has 34 heavy (non-hydrogen) atoms. The maximum atomic E-state index is 13.2. The highest BCUT2D eigenvalue weighted by molar-refractivity contribution is 6.46. The standard InChI is InChI=1S/C27H31NO6/c1-3-14-33-20-12-10-18(11-13-20)25(29)23-24(19-7-5-8-21(16-19)32-4-2)28(27(31)26(23)30)17-22-9-6-15-34-22/h5,7-8,10-13,16,22,24,29H,3-4,6,9,14-15,17H2,1-2H3/b25-23-. The molecule has 0 spiro atoms. The Morgan fingerprint density at radius 1 is 1.09 bits per heavy atom. The maximum Gasteiger partial charge on any atom is 0.295 e. The smallest absolute Gasteiger partial charge is 0.295 e. The van der Waals surface area contributed by atoms with Crippen molar-refractivity contribution in [3.05, 3.63) is 65.2 Å². The van der Waals surface area contributed by atoms with Crippen molar-refractivity contribution < 1.29 is 28.9 Å². The van der Waals surface area contributed by atoms with E-state index in [9.17, 15) is 14.7 Å². The van der Waals surface area contributed by atoms with Crippen LogP contribution in [-0.4, -0.2) is 54.2 Å². The summed E-state index contributed by atoms with van der Waals surface area (Å²) in [7, 11) is 0. The van der Waals surface area contributed by atoms with Crippen LogP contribution in [0.1, 0.15) is 50.3 Å². The Labute approximate surface area is 199 Å². The van der Waals surface area contributed by atoms with Gasteiger partial charge in [-0.1, -0.05) is 19.1 Å². The second kappa shape index (κ2) is 10.7. The second-order valence-corrected chi connectivity index (χ2v) is 8.46. The highest BCUT2D eigenvalue weighted by atomic mass is 16.5. The van der Waals surface area contributed by atoms with Gasteiger partial charge in [-0.2, -0.15) is 0 Å². The molecule has 2 atom stereocenters. The van der Waals surface area contributed by atoms with E-state index in [4.69, 9.17) is 14.2 Å². The molecule has 7 heteroatoms. The summed E-state index contributed by atoms with van der Waals surface area (Å²) in [5.74, 6) is -0.222. The Balaban J connectivity index is 1.75. The molecule has 0 saturated carbocycles. The van der Waals surface area contributed by atoms with E-state index >= 15 is 0 Å². The van der Waals surface area contributed by atoms with Crippen molar-refractivity contribution in [2.75, 3.05) is 26.4 Å². The predicted octanol–water partition coefficient (Wildman–Crippen LogP) is 4.47. The first-order valence-electron chi connectivity index (χ1n) is 11.9. The lowest BCUT2D eigenvalue weighted by Crippen LogP contribution is -2.36. The van der Waals surface area contributed by atoms with Gasteiger partial charge in [-0.25, -0.2) is 0 Å². The van der Waals surface area contributed by atoms with Crippen LogP contribution in [0.4, 0.5) is 0 Å². The lowest BCUT2D eigenvalue weighted by atomic mass is 9.95. The normalized spacial score (nSPS) is 21.8. The van der Waals surface area contributed by atoms with Crippen molar-refractivity contribution in [3.8, 4) is 11.5 Å². The minimum absolute atomic E-state index is 0.0684.